The molecule has 0 unspecified atom stereocenters. The molecule has 0 heterocycles. The van der Waals surface area contributed by atoms with E-state index in [0.717, 1.165) is 5.56 Å². The highest BCUT2D eigenvalue weighted by Crippen LogP contribution is 2.21. The topological polar surface area (TPSA) is 87.7 Å². The molecule has 1 aromatic rings. The zero-order chi connectivity index (χ0) is 16.5. The molecule has 2 amide bonds. The minimum absolute atomic E-state index is 0.00628. The second-order valence-corrected chi connectivity index (χ2v) is 4.60. The molecule has 1 aromatic carbocycles. The van der Waals surface area contributed by atoms with Crippen LogP contribution >= 0.6 is 0 Å². The Bertz CT molecular complexity index is 524. The van der Waals surface area contributed by atoms with Crippen molar-refractivity contribution in [2.45, 2.75) is 32.9 Å². The minimum atomic E-state index is -2.94. The van der Waals surface area contributed by atoms with Crippen LogP contribution in [0.2, 0.25) is 0 Å². The number of rotatable bonds is 8. The quantitative estimate of drug-likeness (QED) is 0.642. The molecule has 1 rings (SSSR count). The molecule has 0 atom stereocenters. The first kappa shape index (κ1) is 17.7. The molecule has 0 aromatic heterocycles. The van der Waals surface area contributed by atoms with E-state index in [0.29, 0.717) is 12.0 Å². The Morgan fingerprint density at radius 2 is 2.05 bits per heavy atom. The number of carbonyl (C=O) groups is 2. The monoisotopic (exact) mass is 316 g/mol. The summed E-state index contributed by atoms with van der Waals surface area (Å²) in [5.41, 5.74) is 1.28. The fourth-order valence-electron chi connectivity index (χ4n) is 1.74. The van der Waals surface area contributed by atoms with Gasteiger partial charge in [0.25, 0.3) is 0 Å². The highest BCUT2D eigenvalue weighted by atomic mass is 19.3. The summed E-state index contributed by atoms with van der Waals surface area (Å²) < 4.78 is 29.0. The van der Waals surface area contributed by atoms with Crippen molar-refractivity contribution in [1.29, 1.82) is 0 Å². The Balaban J connectivity index is 2.47. The van der Waals surface area contributed by atoms with Gasteiger partial charge in [0.05, 0.1) is 0 Å². The van der Waals surface area contributed by atoms with Crippen LogP contribution in [-0.4, -0.2) is 30.3 Å². The second-order valence-electron chi connectivity index (χ2n) is 4.60. The molecule has 0 aliphatic carbocycles. The molecule has 3 N–H and O–H groups in total. The number of carbonyl (C=O) groups excluding carboxylic acids is 1. The lowest BCUT2D eigenvalue weighted by Gasteiger charge is -2.13. The first-order valence-corrected chi connectivity index (χ1v) is 6.66. The van der Waals surface area contributed by atoms with Gasteiger partial charge in [-0.05, 0) is 19.4 Å². The standard InChI is InChI=1S/C14H18F2N2O4/c1-9-4-5-11(22-13(15)16)10(7-9)8-18-14(21)17-6-2-3-12(19)20/h4-5,7,13H,2-3,6,8H2,1H3,(H,19,20)(H2,17,18,21). The number of urea groups is 1. The molecule has 0 saturated heterocycles. The van der Waals surface area contributed by atoms with Crippen LogP contribution in [0.3, 0.4) is 0 Å². The van der Waals surface area contributed by atoms with Gasteiger partial charge in [0, 0.05) is 25.1 Å². The average Bonchev–Trinajstić information content (AvgIpc) is 2.43. The molecule has 0 bridgehead atoms. The highest BCUT2D eigenvalue weighted by molar-refractivity contribution is 5.74. The molecule has 0 aliphatic rings. The van der Waals surface area contributed by atoms with Crippen molar-refractivity contribution < 1.29 is 28.2 Å². The number of hydrogen-bond donors (Lipinski definition) is 3. The van der Waals surface area contributed by atoms with Gasteiger partial charge in [-0.2, -0.15) is 8.78 Å². The van der Waals surface area contributed by atoms with Crippen LogP contribution in [0.15, 0.2) is 18.2 Å². The van der Waals surface area contributed by atoms with Crippen molar-refractivity contribution >= 4 is 12.0 Å². The van der Waals surface area contributed by atoms with Gasteiger partial charge in [-0.1, -0.05) is 17.7 Å². The Labute approximate surface area is 126 Å². The first-order chi connectivity index (χ1) is 10.4. The molecule has 122 valence electrons. The van der Waals surface area contributed by atoms with Crippen LogP contribution < -0.4 is 15.4 Å². The molecular formula is C14H18F2N2O4. The number of aliphatic carboxylic acids is 1. The van der Waals surface area contributed by atoms with Crippen molar-refractivity contribution in [3.8, 4) is 5.75 Å². The van der Waals surface area contributed by atoms with Crippen molar-refractivity contribution in [3.63, 3.8) is 0 Å². The Kier molecular flexibility index (Phi) is 7.07. The normalized spacial score (nSPS) is 10.4. The molecule has 6 nitrogen and oxygen atoms in total. The SMILES string of the molecule is Cc1ccc(OC(F)F)c(CNC(=O)NCCCC(=O)O)c1. The number of hydrogen-bond acceptors (Lipinski definition) is 3. The van der Waals surface area contributed by atoms with Gasteiger partial charge in [0.1, 0.15) is 5.75 Å². The van der Waals surface area contributed by atoms with Gasteiger partial charge >= 0.3 is 18.6 Å². The predicted molar refractivity (Wildman–Crippen MR) is 74.9 cm³/mol. The summed E-state index contributed by atoms with van der Waals surface area (Å²) in [4.78, 5) is 21.8. The summed E-state index contributed by atoms with van der Waals surface area (Å²) in [5, 5.41) is 13.4. The Hall–Kier alpha value is -2.38. The number of nitrogens with one attached hydrogen (secondary N) is 2. The zero-order valence-corrected chi connectivity index (χ0v) is 12.1. The van der Waals surface area contributed by atoms with Crippen LogP contribution in [0.4, 0.5) is 13.6 Å². The van der Waals surface area contributed by atoms with E-state index in [1.165, 1.54) is 6.07 Å². The maximum Gasteiger partial charge on any atom is 0.387 e. The van der Waals surface area contributed by atoms with Gasteiger partial charge in [-0.15, -0.1) is 0 Å². The number of ether oxygens (including phenoxy) is 1. The van der Waals surface area contributed by atoms with Gasteiger partial charge in [-0.3, -0.25) is 4.79 Å². The van der Waals surface area contributed by atoms with Crippen molar-refractivity contribution in [1.82, 2.24) is 10.6 Å². The molecule has 0 radical (unpaired) electrons. The third kappa shape index (κ3) is 6.87. The minimum Gasteiger partial charge on any atom is -0.481 e. The molecule has 0 saturated carbocycles. The smallest absolute Gasteiger partial charge is 0.387 e. The molecular weight excluding hydrogens is 298 g/mol. The summed E-state index contributed by atoms with van der Waals surface area (Å²) in [7, 11) is 0. The summed E-state index contributed by atoms with van der Waals surface area (Å²) >= 11 is 0. The van der Waals surface area contributed by atoms with E-state index in [1.807, 2.05) is 0 Å². The van der Waals surface area contributed by atoms with Crippen LogP contribution in [0, 0.1) is 6.92 Å². The third-order valence-electron chi connectivity index (χ3n) is 2.72. The van der Waals surface area contributed by atoms with E-state index in [-0.39, 0.29) is 25.3 Å². The number of amides is 2. The maximum atomic E-state index is 12.3. The van der Waals surface area contributed by atoms with E-state index in [2.05, 4.69) is 15.4 Å². The van der Waals surface area contributed by atoms with Gasteiger partial charge in [0.2, 0.25) is 0 Å². The van der Waals surface area contributed by atoms with Gasteiger partial charge in [0.15, 0.2) is 0 Å². The van der Waals surface area contributed by atoms with Crippen LogP contribution in [0.1, 0.15) is 24.0 Å². The molecule has 8 heteroatoms. The fraction of sp³-hybridized carbons (Fsp3) is 0.429. The number of aryl methyl sites for hydroxylation is 1. The Morgan fingerprint density at radius 3 is 2.68 bits per heavy atom. The lowest BCUT2D eigenvalue weighted by Crippen LogP contribution is -2.35. The van der Waals surface area contributed by atoms with Crippen molar-refractivity contribution in [2.24, 2.45) is 0 Å². The molecule has 0 fully saturated rings. The van der Waals surface area contributed by atoms with E-state index in [1.54, 1.807) is 19.1 Å². The van der Waals surface area contributed by atoms with E-state index in [9.17, 15) is 18.4 Å². The zero-order valence-electron chi connectivity index (χ0n) is 12.1. The lowest BCUT2D eigenvalue weighted by molar-refractivity contribution is -0.137. The van der Waals surface area contributed by atoms with Crippen molar-refractivity contribution in [2.75, 3.05) is 6.54 Å². The van der Waals surface area contributed by atoms with Gasteiger partial charge < -0.3 is 20.5 Å². The third-order valence-corrected chi connectivity index (χ3v) is 2.72. The summed E-state index contributed by atoms with van der Waals surface area (Å²) in [5.74, 6) is -0.928. The summed E-state index contributed by atoms with van der Waals surface area (Å²) in [6.07, 6.45) is 0.275. The van der Waals surface area contributed by atoms with Crippen LogP contribution in [0.5, 0.6) is 5.75 Å². The molecule has 0 spiro atoms. The number of carboxylic acid groups (broad SMARTS) is 1. The number of alkyl halides is 2. The van der Waals surface area contributed by atoms with Crippen LogP contribution in [-0.2, 0) is 11.3 Å². The molecule has 22 heavy (non-hydrogen) atoms. The average molecular weight is 316 g/mol. The van der Waals surface area contributed by atoms with Crippen LogP contribution in [0.25, 0.3) is 0 Å². The lowest BCUT2D eigenvalue weighted by atomic mass is 10.1. The summed E-state index contributed by atoms with van der Waals surface area (Å²) in [6.45, 7) is -0.908. The fourth-order valence-corrected chi connectivity index (χ4v) is 1.74. The summed E-state index contributed by atoms with van der Waals surface area (Å²) in [6, 6.07) is 4.19. The predicted octanol–water partition coefficient (Wildman–Crippen LogP) is 2.26. The largest absolute Gasteiger partial charge is 0.481 e. The second kappa shape index (κ2) is 8.81. The van der Waals surface area contributed by atoms with Crippen molar-refractivity contribution in [3.05, 3.63) is 29.3 Å². The molecule has 0 aliphatic heterocycles. The van der Waals surface area contributed by atoms with E-state index < -0.39 is 18.6 Å². The number of benzene rings is 1. The number of halogens is 2. The first-order valence-electron chi connectivity index (χ1n) is 6.66. The van der Waals surface area contributed by atoms with Gasteiger partial charge in [-0.25, -0.2) is 4.79 Å². The highest BCUT2D eigenvalue weighted by Gasteiger charge is 2.11. The van der Waals surface area contributed by atoms with E-state index >= 15 is 0 Å². The van der Waals surface area contributed by atoms with E-state index in [4.69, 9.17) is 5.11 Å². The number of carboxylic acids is 1. The Morgan fingerprint density at radius 1 is 1.32 bits per heavy atom. The maximum absolute atomic E-state index is 12.3.